The molecule has 15 heteroatoms. The molecule has 0 unspecified atom stereocenters. The minimum atomic E-state index is -1.44. The Balaban J connectivity index is 3.10. The maximum atomic E-state index is 13.3. The van der Waals surface area contributed by atoms with E-state index >= 15 is 0 Å². The number of carbonyl (C=O) groups is 6. The lowest BCUT2D eigenvalue weighted by Gasteiger charge is -2.25. The fourth-order valence-electron chi connectivity index (χ4n) is 3.45. The molecule has 222 valence electrons. The Kier molecular flexibility index (Phi) is 14.1. The predicted octanol–water partition coefficient (Wildman–Crippen LogP) is -2.07. The van der Waals surface area contributed by atoms with Gasteiger partial charge in [0.1, 0.15) is 29.9 Å². The molecule has 1 aromatic carbocycles. The van der Waals surface area contributed by atoms with E-state index in [2.05, 4.69) is 21.3 Å². The molecule has 0 aromatic heterocycles. The van der Waals surface area contributed by atoms with Crippen LogP contribution in [0.2, 0.25) is 0 Å². The zero-order valence-corrected chi connectivity index (χ0v) is 22.4. The average molecular weight is 567 g/mol. The van der Waals surface area contributed by atoms with E-state index in [1.165, 1.54) is 38.1 Å². The number of nitrogens with one attached hydrogen (secondary N) is 4. The van der Waals surface area contributed by atoms with Gasteiger partial charge in [0.25, 0.3) is 0 Å². The summed E-state index contributed by atoms with van der Waals surface area (Å²) in [5, 5.41) is 37.1. The third kappa shape index (κ3) is 12.1. The number of phenolic OH excluding ortho intramolecular Hbond substituents is 1. The zero-order valence-electron chi connectivity index (χ0n) is 22.4. The van der Waals surface area contributed by atoms with Gasteiger partial charge in [0.15, 0.2) is 0 Å². The van der Waals surface area contributed by atoms with Gasteiger partial charge in [-0.2, -0.15) is 0 Å². The number of unbranched alkanes of at least 4 members (excludes halogenated alkanes) is 1. The number of nitrogens with two attached hydrogens (primary N) is 2. The first kappa shape index (κ1) is 33.8. The molecule has 0 aliphatic carbocycles. The number of phenols is 1. The maximum absolute atomic E-state index is 13.3. The van der Waals surface area contributed by atoms with Crippen molar-refractivity contribution in [1.82, 2.24) is 21.3 Å². The van der Waals surface area contributed by atoms with Crippen LogP contribution in [0.15, 0.2) is 24.3 Å². The molecule has 1 aromatic rings. The number of aromatic hydroxyl groups is 1. The number of rotatable bonds is 17. The van der Waals surface area contributed by atoms with Gasteiger partial charge in [0.05, 0.1) is 12.5 Å². The predicted molar refractivity (Wildman–Crippen MR) is 142 cm³/mol. The largest absolute Gasteiger partial charge is 0.508 e. The molecule has 4 amide bonds. The van der Waals surface area contributed by atoms with E-state index in [1.807, 2.05) is 0 Å². The molecule has 0 spiro atoms. The van der Waals surface area contributed by atoms with Gasteiger partial charge in [-0.25, -0.2) is 0 Å². The first-order chi connectivity index (χ1) is 18.7. The van der Waals surface area contributed by atoms with E-state index in [0.29, 0.717) is 24.9 Å². The van der Waals surface area contributed by atoms with Crippen molar-refractivity contribution in [3.8, 4) is 5.75 Å². The minimum absolute atomic E-state index is 0.0233. The number of carboxylic acid groups (broad SMARTS) is 2. The summed E-state index contributed by atoms with van der Waals surface area (Å²) in [7, 11) is 0. The van der Waals surface area contributed by atoms with Crippen molar-refractivity contribution >= 4 is 35.6 Å². The Morgan fingerprint density at radius 3 is 1.88 bits per heavy atom. The van der Waals surface area contributed by atoms with Crippen molar-refractivity contribution in [2.45, 2.75) is 76.2 Å². The zero-order chi connectivity index (χ0) is 30.4. The lowest BCUT2D eigenvalue weighted by atomic mass is 10.0. The highest BCUT2D eigenvalue weighted by Crippen LogP contribution is 2.12. The molecule has 0 aliphatic rings. The third-order valence-corrected chi connectivity index (χ3v) is 5.80. The summed E-state index contributed by atoms with van der Waals surface area (Å²) < 4.78 is 0. The van der Waals surface area contributed by atoms with Gasteiger partial charge in [0.2, 0.25) is 23.6 Å². The molecule has 5 atom stereocenters. The van der Waals surface area contributed by atoms with Crippen LogP contribution in [-0.4, -0.2) is 87.6 Å². The number of carboxylic acids is 2. The van der Waals surface area contributed by atoms with Crippen LogP contribution in [0.4, 0.5) is 0 Å². The Labute approximate surface area is 231 Å². The Morgan fingerprint density at radius 2 is 1.32 bits per heavy atom. The first-order valence-electron chi connectivity index (χ1n) is 12.6. The SMILES string of the molecule is C[C@H](NC(=O)[C@H](C)NC(=O)[C@H](CCCCN)NC(=O)[C@H](Cc1ccc(O)cc1)NC(=O)[C@@H](N)CC(=O)O)C(=O)O. The standard InChI is InChI=1S/C25H38N6O9/c1-13(21(35)29-14(2)25(39)40)28-23(37)18(5-3-4-10-26)30-24(38)19(11-15-6-8-16(32)9-7-15)31-22(36)17(27)12-20(33)34/h6-9,13-14,17-19,32H,3-5,10-12,26-27H2,1-2H3,(H,28,37)(H,29,35)(H,30,38)(H,31,36)(H,33,34)(H,39,40)/t13-,14-,17-,18-,19-/m0/s1. The molecule has 0 saturated carbocycles. The quantitative estimate of drug-likeness (QED) is 0.0924. The second kappa shape index (κ2) is 16.7. The van der Waals surface area contributed by atoms with Crippen LogP contribution >= 0.6 is 0 Å². The minimum Gasteiger partial charge on any atom is -0.508 e. The van der Waals surface area contributed by atoms with Gasteiger partial charge in [0, 0.05) is 6.42 Å². The summed E-state index contributed by atoms with van der Waals surface area (Å²) in [6.45, 7) is 2.93. The molecule has 40 heavy (non-hydrogen) atoms. The fraction of sp³-hybridized carbons (Fsp3) is 0.520. The maximum Gasteiger partial charge on any atom is 0.325 e. The van der Waals surface area contributed by atoms with E-state index in [-0.39, 0.29) is 18.6 Å². The normalized spacial score (nSPS) is 14.5. The summed E-state index contributed by atoms with van der Waals surface area (Å²) in [5.74, 6) is -5.76. The van der Waals surface area contributed by atoms with Gasteiger partial charge in [-0.1, -0.05) is 12.1 Å². The monoisotopic (exact) mass is 566 g/mol. The smallest absolute Gasteiger partial charge is 0.325 e. The number of hydrogen-bond acceptors (Lipinski definition) is 9. The van der Waals surface area contributed by atoms with E-state index < -0.39 is 72.2 Å². The molecule has 15 nitrogen and oxygen atoms in total. The van der Waals surface area contributed by atoms with E-state index in [0.717, 1.165) is 0 Å². The second-order valence-electron chi connectivity index (χ2n) is 9.28. The molecule has 0 saturated heterocycles. The van der Waals surface area contributed by atoms with E-state index in [9.17, 15) is 33.9 Å². The highest BCUT2D eigenvalue weighted by molar-refractivity contribution is 5.95. The third-order valence-electron chi connectivity index (χ3n) is 5.80. The van der Waals surface area contributed by atoms with Crippen LogP contribution in [-0.2, 0) is 35.2 Å². The highest BCUT2D eigenvalue weighted by atomic mass is 16.4. The van der Waals surface area contributed by atoms with Crippen molar-refractivity contribution < 1.29 is 44.1 Å². The van der Waals surface area contributed by atoms with Crippen molar-refractivity contribution in [2.24, 2.45) is 11.5 Å². The number of aliphatic carboxylic acids is 2. The lowest BCUT2D eigenvalue weighted by molar-refractivity contribution is -0.141. The fourth-order valence-corrected chi connectivity index (χ4v) is 3.45. The molecule has 0 fully saturated rings. The van der Waals surface area contributed by atoms with E-state index in [1.54, 1.807) is 0 Å². The molecular weight excluding hydrogens is 528 g/mol. The summed E-state index contributed by atoms with van der Waals surface area (Å²) in [4.78, 5) is 73.1. The highest BCUT2D eigenvalue weighted by Gasteiger charge is 2.30. The summed E-state index contributed by atoms with van der Waals surface area (Å²) in [6, 6.07) is -0.411. The van der Waals surface area contributed by atoms with Gasteiger partial charge < -0.3 is 48.1 Å². The number of benzene rings is 1. The number of hydrogen-bond donors (Lipinski definition) is 9. The lowest BCUT2D eigenvalue weighted by Crippen LogP contribution is -2.58. The van der Waals surface area contributed by atoms with Crippen LogP contribution < -0.4 is 32.7 Å². The van der Waals surface area contributed by atoms with Crippen molar-refractivity contribution in [1.29, 1.82) is 0 Å². The van der Waals surface area contributed by atoms with Crippen LogP contribution in [0.3, 0.4) is 0 Å². The number of carbonyl (C=O) groups excluding carboxylic acids is 4. The molecule has 0 bridgehead atoms. The molecular formula is C25H38N6O9. The van der Waals surface area contributed by atoms with Gasteiger partial charge in [-0.3, -0.25) is 28.8 Å². The van der Waals surface area contributed by atoms with Crippen molar-refractivity contribution in [3.63, 3.8) is 0 Å². The Bertz CT molecular complexity index is 1050. The number of amides is 4. The summed E-state index contributed by atoms with van der Waals surface area (Å²) in [5.41, 5.74) is 11.7. The summed E-state index contributed by atoms with van der Waals surface area (Å²) >= 11 is 0. The van der Waals surface area contributed by atoms with Crippen molar-refractivity contribution in [2.75, 3.05) is 6.54 Å². The van der Waals surface area contributed by atoms with Crippen LogP contribution in [0.25, 0.3) is 0 Å². The summed E-state index contributed by atoms with van der Waals surface area (Å²) in [6.07, 6.45) is 0.338. The average Bonchev–Trinajstić information content (AvgIpc) is 2.88. The Morgan fingerprint density at radius 1 is 0.775 bits per heavy atom. The molecule has 1 rings (SSSR count). The van der Waals surface area contributed by atoms with E-state index in [4.69, 9.17) is 21.7 Å². The van der Waals surface area contributed by atoms with Crippen LogP contribution in [0.1, 0.15) is 45.1 Å². The molecule has 0 heterocycles. The Hall–Kier alpha value is -4.24. The second-order valence-corrected chi connectivity index (χ2v) is 9.28. The van der Waals surface area contributed by atoms with Gasteiger partial charge >= 0.3 is 11.9 Å². The van der Waals surface area contributed by atoms with Crippen LogP contribution in [0.5, 0.6) is 5.75 Å². The molecule has 11 N–H and O–H groups in total. The van der Waals surface area contributed by atoms with Gasteiger partial charge in [-0.05, 0) is 57.4 Å². The molecule has 0 aliphatic heterocycles. The van der Waals surface area contributed by atoms with Crippen LogP contribution in [0, 0.1) is 0 Å². The first-order valence-corrected chi connectivity index (χ1v) is 12.6. The van der Waals surface area contributed by atoms with Crippen molar-refractivity contribution in [3.05, 3.63) is 29.8 Å². The van der Waals surface area contributed by atoms with Gasteiger partial charge in [-0.15, -0.1) is 0 Å². The topological polar surface area (TPSA) is 263 Å². The molecule has 0 radical (unpaired) electrons.